The summed E-state index contributed by atoms with van der Waals surface area (Å²) < 4.78 is 21.5. The Labute approximate surface area is 188 Å². The maximum Gasteiger partial charge on any atom is 0.344 e. The zero-order valence-electron chi connectivity index (χ0n) is 17.7. The quantitative estimate of drug-likeness (QED) is 0.547. The van der Waals surface area contributed by atoms with E-state index in [4.69, 9.17) is 18.7 Å². The molecule has 2 heterocycles. The number of carbonyl (C=O) groups excluding carboxylic acids is 3. The molecule has 10 nitrogen and oxygen atoms in total. The molecule has 33 heavy (non-hydrogen) atoms. The number of rotatable bonds is 6. The number of urea groups is 1. The van der Waals surface area contributed by atoms with Crippen molar-refractivity contribution in [3.63, 3.8) is 0 Å². The predicted molar refractivity (Wildman–Crippen MR) is 115 cm³/mol. The van der Waals surface area contributed by atoms with E-state index in [0.717, 1.165) is 0 Å². The molecular formula is C23H21N3O7. The van der Waals surface area contributed by atoms with Gasteiger partial charge in [0.05, 0.1) is 6.54 Å². The minimum atomic E-state index is -0.789. The van der Waals surface area contributed by atoms with Crippen LogP contribution in [0.15, 0.2) is 59.1 Å². The minimum absolute atomic E-state index is 0.119. The van der Waals surface area contributed by atoms with Gasteiger partial charge in [0.1, 0.15) is 23.6 Å². The van der Waals surface area contributed by atoms with E-state index >= 15 is 0 Å². The van der Waals surface area contributed by atoms with E-state index in [2.05, 4.69) is 15.8 Å². The van der Waals surface area contributed by atoms with Crippen LogP contribution in [0.5, 0.6) is 11.5 Å². The Morgan fingerprint density at radius 2 is 1.79 bits per heavy atom. The van der Waals surface area contributed by atoms with E-state index in [1.54, 1.807) is 43.3 Å². The smallest absolute Gasteiger partial charge is 0.344 e. The van der Waals surface area contributed by atoms with Crippen LogP contribution in [-0.2, 0) is 9.53 Å². The van der Waals surface area contributed by atoms with Gasteiger partial charge in [-0.05, 0) is 19.1 Å². The van der Waals surface area contributed by atoms with Gasteiger partial charge < -0.3 is 24.1 Å². The van der Waals surface area contributed by atoms with E-state index in [0.29, 0.717) is 22.8 Å². The molecule has 0 bridgehead atoms. The summed E-state index contributed by atoms with van der Waals surface area (Å²) in [6.45, 7) is 1.29. The number of hydrogen-bond donors (Lipinski definition) is 2. The molecule has 0 radical (unpaired) electrons. The standard InChI is InChI=1S/C23H21N3O7/c1-14-20(21(26-33-14)15-7-3-2-4-8-15)22(28)31-13-19(27)25-23(29)24-11-16-12-30-17-9-5-6-10-18(17)32-16/h2-10,16H,11-13H2,1H3,(H2,24,25,27,29). The van der Waals surface area contributed by atoms with Gasteiger partial charge in [-0.2, -0.15) is 0 Å². The van der Waals surface area contributed by atoms with Crippen molar-refractivity contribution in [2.45, 2.75) is 13.0 Å². The van der Waals surface area contributed by atoms with Crippen LogP contribution in [0.2, 0.25) is 0 Å². The van der Waals surface area contributed by atoms with Gasteiger partial charge in [-0.3, -0.25) is 10.1 Å². The van der Waals surface area contributed by atoms with Gasteiger partial charge >= 0.3 is 12.0 Å². The van der Waals surface area contributed by atoms with Crippen LogP contribution in [-0.4, -0.2) is 48.9 Å². The molecule has 1 aliphatic heterocycles. The highest BCUT2D eigenvalue weighted by Crippen LogP contribution is 2.30. The molecule has 1 atom stereocenters. The summed E-state index contributed by atoms with van der Waals surface area (Å²) in [7, 11) is 0. The Balaban J connectivity index is 1.24. The number of benzene rings is 2. The summed E-state index contributed by atoms with van der Waals surface area (Å²) in [6.07, 6.45) is -0.411. The number of nitrogens with zero attached hydrogens (tertiary/aromatic N) is 1. The number of aromatic nitrogens is 1. The van der Waals surface area contributed by atoms with Gasteiger partial charge in [0, 0.05) is 5.56 Å². The topological polar surface area (TPSA) is 129 Å². The van der Waals surface area contributed by atoms with Crippen LogP contribution >= 0.6 is 0 Å². The normalized spacial score (nSPS) is 14.3. The Kier molecular flexibility index (Phi) is 6.53. The molecule has 3 aromatic rings. The maximum atomic E-state index is 12.5. The summed E-state index contributed by atoms with van der Waals surface area (Å²) in [5, 5.41) is 8.53. The van der Waals surface area contributed by atoms with Crippen molar-refractivity contribution in [3.05, 3.63) is 65.9 Å². The lowest BCUT2D eigenvalue weighted by Gasteiger charge is -2.26. The number of hydrogen-bond acceptors (Lipinski definition) is 8. The molecule has 3 amide bonds. The molecule has 0 aliphatic carbocycles. The van der Waals surface area contributed by atoms with Crippen molar-refractivity contribution in [1.82, 2.24) is 15.8 Å². The average molecular weight is 451 g/mol. The molecule has 0 saturated heterocycles. The van der Waals surface area contributed by atoms with Crippen molar-refractivity contribution >= 4 is 17.9 Å². The molecule has 2 aromatic carbocycles. The second-order valence-electron chi connectivity index (χ2n) is 7.16. The summed E-state index contributed by atoms with van der Waals surface area (Å²) >= 11 is 0. The summed E-state index contributed by atoms with van der Waals surface area (Å²) in [5.74, 6) is -0.100. The molecule has 0 fully saturated rings. The lowest BCUT2D eigenvalue weighted by atomic mass is 10.1. The molecule has 170 valence electrons. The highest BCUT2D eigenvalue weighted by Gasteiger charge is 2.24. The van der Waals surface area contributed by atoms with Gasteiger partial charge in [-0.15, -0.1) is 0 Å². The van der Waals surface area contributed by atoms with Crippen LogP contribution in [0.1, 0.15) is 16.1 Å². The van der Waals surface area contributed by atoms with E-state index in [9.17, 15) is 14.4 Å². The van der Waals surface area contributed by atoms with Crippen molar-refractivity contribution in [1.29, 1.82) is 0 Å². The third-order valence-corrected chi connectivity index (χ3v) is 4.76. The van der Waals surface area contributed by atoms with Crippen LogP contribution < -0.4 is 20.1 Å². The number of carbonyl (C=O) groups is 3. The third kappa shape index (κ3) is 5.29. The Morgan fingerprint density at radius 3 is 2.58 bits per heavy atom. The maximum absolute atomic E-state index is 12.5. The van der Waals surface area contributed by atoms with Gasteiger partial charge in [-0.25, -0.2) is 9.59 Å². The first-order valence-corrected chi connectivity index (χ1v) is 10.2. The number of imide groups is 1. The fourth-order valence-electron chi connectivity index (χ4n) is 3.19. The fraction of sp³-hybridized carbons (Fsp3) is 0.217. The van der Waals surface area contributed by atoms with Gasteiger partial charge in [0.25, 0.3) is 5.91 Å². The van der Waals surface area contributed by atoms with Crippen molar-refractivity contribution in [2.24, 2.45) is 0 Å². The van der Waals surface area contributed by atoms with E-state index in [1.807, 2.05) is 18.2 Å². The molecule has 1 aromatic heterocycles. The molecule has 0 saturated carbocycles. The molecule has 1 unspecified atom stereocenters. The molecule has 1 aliphatic rings. The second-order valence-corrected chi connectivity index (χ2v) is 7.16. The Morgan fingerprint density at radius 1 is 1.06 bits per heavy atom. The zero-order chi connectivity index (χ0) is 23.2. The zero-order valence-corrected chi connectivity index (χ0v) is 17.7. The molecule has 0 spiro atoms. The molecule has 10 heteroatoms. The second kappa shape index (κ2) is 9.86. The number of ether oxygens (including phenoxy) is 3. The summed E-state index contributed by atoms with van der Waals surface area (Å²) in [6, 6.07) is 15.4. The SMILES string of the molecule is Cc1onc(-c2ccccc2)c1C(=O)OCC(=O)NC(=O)NCC1COc2ccccc2O1. The first kappa shape index (κ1) is 21.9. The van der Waals surface area contributed by atoms with Crippen LogP contribution in [0, 0.1) is 6.92 Å². The first-order valence-electron chi connectivity index (χ1n) is 10.2. The van der Waals surface area contributed by atoms with Crippen LogP contribution in [0.3, 0.4) is 0 Å². The number of esters is 1. The summed E-state index contributed by atoms with van der Waals surface area (Å²) in [4.78, 5) is 36.6. The minimum Gasteiger partial charge on any atom is -0.486 e. The van der Waals surface area contributed by atoms with Crippen LogP contribution in [0.4, 0.5) is 4.79 Å². The Hall–Kier alpha value is -4.34. The number of aryl methyl sites for hydroxylation is 1. The van der Waals surface area contributed by atoms with Gasteiger partial charge in [0.15, 0.2) is 24.2 Å². The van der Waals surface area contributed by atoms with E-state index < -0.39 is 30.6 Å². The van der Waals surface area contributed by atoms with E-state index in [1.165, 1.54) is 0 Å². The fourth-order valence-corrected chi connectivity index (χ4v) is 3.19. The average Bonchev–Trinajstić information content (AvgIpc) is 3.23. The predicted octanol–water partition coefficient (Wildman–Crippen LogP) is 2.47. The third-order valence-electron chi connectivity index (χ3n) is 4.76. The number of nitrogens with one attached hydrogen (secondary N) is 2. The lowest BCUT2D eigenvalue weighted by Crippen LogP contribution is -2.46. The summed E-state index contributed by atoms with van der Waals surface area (Å²) in [5.41, 5.74) is 1.10. The Bertz CT molecular complexity index is 1160. The van der Waals surface area contributed by atoms with Gasteiger partial charge in [0.2, 0.25) is 0 Å². The molecule has 4 rings (SSSR count). The number of fused-ring (bicyclic) bond motifs is 1. The number of para-hydroxylation sites is 2. The largest absolute Gasteiger partial charge is 0.486 e. The lowest BCUT2D eigenvalue weighted by molar-refractivity contribution is -0.123. The molecule has 2 N–H and O–H groups in total. The first-order chi connectivity index (χ1) is 16.0. The van der Waals surface area contributed by atoms with Crippen molar-refractivity contribution in [2.75, 3.05) is 19.8 Å². The highest BCUT2D eigenvalue weighted by atomic mass is 16.6. The monoisotopic (exact) mass is 451 g/mol. The van der Waals surface area contributed by atoms with Gasteiger partial charge in [-0.1, -0.05) is 47.6 Å². The van der Waals surface area contributed by atoms with Crippen molar-refractivity contribution < 1.29 is 33.1 Å². The van der Waals surface area contributed by atoms with Crippen molar-refractivity contribution in [3.8, 4) is 22.8 Å². The molecular weight excluding hydrogens is 430 g/mol. The number of amides is 3. The van der Waals surface area contributed by atoms with E-state index in [-0.39, 0.29) is 24.5 Å². The van der Waals surface area contributed by atoms with Crippen LogP contribution in [0.25, 0.3) is 11.3 Å². The highest BCUT2D eigenvalue weighted by molar-refractivity contribution is 5.99.